The summed E-state index contributed by atoms with van der Waals surface area (Å²) in [5.41, 5.74) is 1.81. The molecule has 0 atom stereocenters. The maximum absolute atomic E-state index is 11.6. The Balaban J connectivity index is 0.00000225. The predicted octanol–water partition coefficient (Wildman–Crippen LogP) is 2.40. The van der Waals surface area contributed by atoms with E-state index in [4.69, 9.17) is 13.7 Å². The molecule has 2 heterocycles. The molecule has 3 aromatic rings. The predicted molar refractivity (Wildman–Crippen MR) is 95.1 cm³/mol. The second kappa shape index (κ2) is 7.16. The summed E-state index contributed by atoms with van der Waals surface area (Å²) in [5, 5.41) is 0. The normalized spacial score (nSPS) is 11.0. The minimum Gasteiger partial charge on any atom is -0.493 e. The molecule has 0 aliphatic carbocycles. The fourth-order valence-electron chi connectivity index (χ4n) is 2.30. The van der Waals surface area contributed by atoms with Gasteiger partial charge in [0.1, 0.15) is 5.82 Å². The number of ether oxygens (including phenoxy) is 2. The summed E-state index contributed by atoms with van der Waals surface area (Å²) in [4.78, 5) is 11.7. The van der Waals surface area contributed by atoms with Crippen molar-refractivity contribution >= 4 is 33.7 Å². The molecule has 0 saturated carbocycles. The van der Waals surface area contributed by atoms with Crippen molar-refractivity contribution in [3.05, 3.63) is 30.5 Å². The summed E-state index contributed by atoms with van der Waals surface area (Å²) < 4.78 is 38.7. The first-order valence-corrected chi connectivity index (χ1v) is 8.70. The van der Waals surface area contributed by atoms with Crippen molar-refractivity contribution in [2.24, 2.45) is 0 Å². The molecule has 3 rings (SSSR count). The van der Waals surface area contributed by atoms with Gasteiger partial charge in [0.2, 0.25) is 5.75 Å². The van der Waals surface area contributed by atoms with Crippen LogP contribution in [0.4, 0.5) is 0 Å². The van der Waals surface area contributed by atoms with Crippen LogP contribution in [-0.2, 0) is 10.1 Å². The van der Waals surface area contributed by atoms with E-state index in [0.29, 0.717) is 17.0 Å². The van der Waals surface area contributed by atoms with Gasteiger partial charge in [0, 0.05) is 6.20 Å². The first-order chi connectivity index (χ1) is 11.4. The maximum Gasteiger partial charge on any atom is 0.306 e. The molecule has 134 valence electrons. The summed E-state index contributed by atoms with van der Waals surface area (Å²) >= 11 is 0. The SMILES string of the molecule is COc1ccc(-c2nc3ncccc3[nH]2)c(OC)c1OS(C)(=O)=O.Cl. The van der Waals surface area contributed by atoms with Crippen LogP contribution in [0.2, 0.25) is 0 Å². The number of hydrogen-bond donors (Lipinski definition) is 1. The van der Waals surface area contributed by atoms with Gasteiger partial charge < -0.3 is 18.6 Å². The largest absolute Gasteiger partial charge is 0.493 e. The number of nitrogens with zero attached hydrogens (tertiary/aromatic N) is 2. The highest BCUT2D eigenvalue weighted by molar-refractivity contribution is 7.86. The van der Waals surface area contributed by atoms with Crippen LogP contribution in [0.3, 0.4) is 0 Å². The number of pyridine rings is 1. The van der Waals surface area contributed by atoms with Crippen LogP contribution in [0, 0.1) is 0 Å². The number of imidazole rings is 1. The van der Waals surface area contributed by atoms with Crippen LogP contribution < -0.4 is 13.7 Å². The van der Waals surface area contributed by atoms with Crippen LogP contribution in [0.15, 0.2) is 30.5 Å². The van der Waals surface area contributed by atoms with Crippen LogP contribution in [0.1, 0.15) is 0 Å². The minimum atomic E-state index is -3.77. The van der Waals surface area contributed by atoms with E-state index in [9.17, 15) is 8.42 Å². The summed E-state index contributed by atoms with van der Waals surface area (Å²) in [6.07, 6.45) is 2.58. The van der Waals surface area contributed by atoms with Crippen molar-refractivity contribution in [1.29, 1.82) is 0 Å². The molecule has 0 aliphatic heterocycles. The average Bonchev–Trinajstić information content (AvgIpc) is 2.96. The van der Waals surface area contributed by atoms with E-state index in [1.165, 1.54) is 14.2 Å². The van der Waals surface area contributed by atoms with Gasteiger partial charge in [-0.3, -0.25) is 0 Å². The number of H-pyrrole nitrogens is 1. The first kappa shape index (κ1) is 18.8. The van der Waals surface area contributed by atoms with Crippen LogP contribution in [0.5, 0.6) is 17.2 Å². The lowest BCUT2D eigenvalue weighted by Gasteiger charge is -2.15. The fraction of sp³-hybridized carbons (Fsp3) is 0.200. The maximum atomic E-state index is 11.6. The van der Waals surface area contributed by atoms with E-state index in [1.807, 2.05) is 6.07 Å². The van der Waals surface area contributed by atoms with Gasteiger partial charge in [-0.05, 0) is 24.3 Å². The van der Waals surface area contributed by atoms with Gasteiger partial charge in [0.15, 0.2) is 17.1 Å². The summed E-state index contributed by atoms with van der Waals surface area (Å²) in [6, 6.07) is 6.90. The third kappa shape index (κ3) is 3.77. The molecule has 0 bridgehead atoms. The lowest BCUT2D eigenvalue weighted by molar-refractivity contribution is 0.362. The molecule has 0 spiro atoms. The van der Waals surface area contributed by atoms with Crippen LogP contribution in [0.25, 0.3) is 22.6 Å². The number of aromatic nitrogens is 3. The van der Waals surface area contributed by atoms with E-state index in [-0.39, 0.29) is 29.7 Å². The standard InChI is InChI=1S/C15H15N3O5S.ClH/c1-21-11-7-6-9(12(22-2)13(11)23-24(3,19)20)14-17-10-5-4-8-16-15(10)18-14;/h4-8H,1-3H3,(H,16,17,18);1H. The zero-order chi connectivity index (χ0) is 17.3. The van der Waals surface area contributed by atoms with Crippen LogP contribution >= 0.6 is 12.4 Å². The molecule has 0 radical (unpaired) electrons. The average molecular weight is 386 g/mol. The zero-order valence-electron chi connectivity index (χ0n) is 13.6. The molecule has 1 aromatic carbocycles. The fourth-order valence-corrected chi connectivity index (χ4v) is 2.76. The number of nitrogens with one attached hydrogen (secondary N) is 1. The number of methoxy groups -OCH3 is 2. The van der Waals surface area contributed by atoms with Gasteiger partial charge in [-0.1, -0.05) is 0 Å². The van der Waals surface area contributed by atoms with E-state index >= 15 is 0 Å². The van der Waals surface area contributed by atoms with E-state index in [2.05, 4.69) is 15.0 Å². The molecule has 8 nitrogen and oxygen atoms in total. The molecule has 0 amide bonds. The quantitative estimate of drug-likeness (QED) is 0.672. The second-order valence-corrected chi connectivity index (χ2v) is 6.50. The highest BCUT2D eigenvalue weighted by atomic mass is 35.5. The minimum absolute atomic E-state index is 0. The Bertz CT molecular complexity index is 971. The lowest BCUT2D eigenvalue weighted by atomic mass is 10.1. The molecular formula is C15H16ClN3O5S. The number of aromatic amines is 1. The van der Waals surface area contributed by atoms with Gasteiger partial charge >= 0.3 is 10.1 Å². The van der Waals surface area contributed by atoms with Gasteiger partial charge in [-0.25, -0.2) is 9.97 Å². The number of benzene rings is 1. The van der Waals surface area contributed by atoms with Gasteiger partial charge in [-0.2, -0.15) is 8.42 Å². The van der Waals surface area contributed by atoms with E-state index < -0.39 is 10.1 Å². The summed E-state index contributed by atoms with van der Waals surface area (Å²) in [6.45, 7) is 0. The van der Waals surface area contributed by atoms with Crippen molar-refractivity contribution in [2.75, 3.05) is 20.5 Å². The van der Waals surface area contributed by atoms with Crippen molar-refractivity contribution in [3.8, 4) is 28.6 Å². The van der Waals surface area contributed by atoms with E-state index in [1.54, 1.807) is 24.4 Å². The monoisotopic (exact) mass is 385 g/mol. The van der Waals surface area contributed by atoms with Crippen molar-refractivity contribution in [2.45, 2.75) is 0 Å². The molecule has 1 N–H and O–H groups in total. The van der Waals surface area contributed by atoms with Gasteiger partial charge in [0.25, 0.3) is 0 Å². The number of hydrogen-bond acceptors (Lipinski definition) is 7. The summed E-state index contributed by atoms with van der Waals surface area (Å²) in [5.74, 6) is 0.865. The second-order valence-electron chi connectivity index (χ2n) is 4.93. The molecular weight excluding hydrogens is 370 g/mol. The van der Waals surface area contributed by atoms with Crippen LogP contribution in [-0.4, -0.2) is 43.8 Å². The number of halogens is 1. The third-order valence-electron chi connectivity index (χ3n) is 3.25. The molecule has 0 aliphatic rings. The van der Waals surface area contributed by atoms with Crippen molar-refractivity contribution in [3.63, 3.8) is 0 Å². The lowest BCUT2D eigenvalue weighted by Crippen LogP contribution is -2.08. The Labute approximate surface area is 150 Å². The first-order valence-electron chi connectivity index (χ1n) is 6.88. The zero-order valence-corrected chi connectivity index (χ0v) is 15.3. The Hall–Kier alpha value is -2.52. The van der Waals surface area contributed by atoms with Crippen molar-refractivity contribution < 1.29 is 22.1 Å². The molecule has 10 heteroatoms. The Morgan fingerprint density at radius 2 is 1.84 bits per heavy atom. The molecule has 2 aromatic heterocycles. The van der Waals surface area contributed by atoms with Gasteiger partial charge in [0.05, 0.1) is 31.6 Å². The number of fused-ring (bicyclic) bond motifs is 1. The van der Waals surface area contributed by atoms with Gasteiger partial charge in [-0.15, -0.1) is 12.4 Å². The highest BCUT2D eigenvalue weighted by Crippen LogP contribution is 2.44. The third-order valence-corrected chi connectivity index (χ3v) is 3.72. The summed E-state index contributed by atoms with van der Waals surface area (Å²) in [7, 11) is -0.946. The molecule has 25 heavy (non-hydrogen) atoms. The Kier molecular flexibility index (Phi) is 5.39. The van der Waals surface area contributed by atoms with E-state index in [0.717, 1.165) is 11.8 Å². The highest BCUT2D eigenvalue weighted by Gasteiger charge is 2.23. The molecule has 0 fully saturated rings. The topological polar surface area (TPSA) is 103 Å². The molecule has 0 saturated heterocycles. The molecule has 0 unspecified atom stereocenters. The smallest absolute Gasteiger partial charge is 0.306 e. The Morgan fingerprint density at radius 1 is 1.08 bits per heavy atom. The Morgan fingerprint density at radius 3 is 2.44 bits per heavy atom. The van der Waals surface area contributed by atoms with Crippen molar-refractivity contribution in [1.82, 2.24) is 15.0 Å². The number of rotatable bonds is 5.